The third-order valence-corrected chi connectivity index (χ3v) is 2.88. The van der Waals surface area contributed by atoms with Crippen molar-refractivity contribution in [3.05, 3.63) is 33.8 Å². The minimum Gasteiger partial charge on any atom is -0.495 e. The molecular formula is C12H13ClN3O5+. The van der Waals surface area contributed by atoms with Gasteiger partial charge in [0.15, 0.2) is 0 Å². The molecule has 0 unspecified atom stereocenters. The van der Waals surface area contributed by atoms with Crippen molar-refractivity contribution in [3.63, 3.8) is 0 Å². The first-order valence-corrected chi connectivity index (χ1v) is 6.20. The first kappa shape index (κ1) is 14.9. The van der Waals surface area contributed by atoms with E-state index in [-0.39, 0.29) is 6.54 Å². The fourth-order valence-corrected chi connectivity index (χ4v) is 1.90. The van der Waals surface area contributed by atoms with Crippen LogP contribution >= 0.6 is 11.6 Å². The van der Waals surface area contributed by atoms with Crippen LogP contribution in [0.1, 0.15) is 0 Å². The molecule has 0 spiro atoms. The van der Waals surface area contributed by atoms with Gasteiger partial charge in [-0.25, -0.2) is 4.79 Å². The van der Waals surface area contributed by atoms with Gasteiger partial charge >= 0.3 is 5.63 Å². The minimum atomic E-state index is -0.576. The first-order chi connectivity index (χ1) is 10.0. The molecule has 1 heterocycles. The van der Waals surface area contributed by atoms with Gasteiger partial charge in [-0.2, -0.15) is 0 Å². The van der Waals surface area contributed by atoms with E-state index in [1.54, 1.807) is 6.07 Å². The van der Waals surface area contributed by atoms with Crippen LogP contribution in [0.25, 0.3) is 0 Å². The summed E-state index contributed by atoms with van der Waals surface area (Å²) in [6.45, 7) is -0.126. The Hall–Kier alpha value is -2.48. The maximum Gasteiger partial charge on any atom is 0.426 e. The lowest BCUT2D eigenvalue weighted by Crippen LogP contribution is -2.41. The topological polar surface area (TPSA) is 97.4 Å². The molecule has 0 atom stereocenters. The summed E-state index contributed by atoms with van der Waals surface area (Å²) in [6, 6.07) is 3.07. The molecule has 0 saturated carbocycles. The van der Waals surface area contributed by atoms with Gasteiger partial charge in [-0.1, -0.05) is 16.3 Å². The Morgan fingerprint density at radius 1 is 1.38 bits per heavy atom. The molecule has 8 nitrogen and oxygen atoms in total. The maximum atomic E-state index is 11.9. The first-order valence-electron chi connectivity index (χ1n) is 5.83. The Morgan fingerprint density at radius 3 is 2.67 bits per heavy atom. The number of hydrogen-bond acceptors (Lipinski definition) is 5. The molecule has 2 aromatic rings. The zero-order chi connectivity index (χ0) is 15.4. The number of rotatable bonds is 5. The van der Waals surface area contributed by atoms with Crippen LogP contribution in [0.4, 0.5) is 5.69 Å². The van der Waals surface area contributed by atoms with Crippen LogP contribution in [0.2, 0.25) is 5.02 Å². The highest BCUT2D eigenvalue weighted by atomic mass is 35.5. The molecule has 0 aliphatic carbocycles. The number of benzene rings is 1. The van der Waals surface area contributed by atoms with E-state index in [1.165, 1.54) is 25.0 Å². The second kappa shape index (κ2) is 6.31. The number of methoxy groups -OCH3 is 2. The molecule has 0 aliphatic heterocycles. The van der Waals surface area contributed by atoms with E-state index in [1.807, 2.05) is 0 Å². The number of nitrogens with one attached hydrogen (secondary N) is 2. The smallest absolute Gasteiger partial charge is 0.426 e. The third-order valence-electron chi connectivity index (χ3n) is 2.59. The number of amides is 1. The standard InChI is InChI=1S/C12H12ClN3O5/c1-19-9-4-10(20-2)8(3-7(9)13)14-11(17)5-16-6-12(18)21-15-16/h3-4,6H,5H2,1-2H3,(H-,14,15,17,18)/p+1. The van der Waals surface area contributed by atoms with Gasteiger partial charge in [-0.15, -0.1) is 0 Å². The Morgan fingerprint density at radius 2 is 2.10 bits per heavy atom. The van der Waals surface area contributed by atoms with Gasteiger partial charge in [0.25, 0.3) is 18.6 Å². The Kier molecular flexibility index (Phi) is 4.49. The molecule has 1 amide bonds. The van der Waals surface area contributed by atoms with Crippen molar-refractivity contribution in [1.82, 2.24) is 5.27 Å². The van der Waals surface area contributed by atoms with E-state index in [0.29, 0.717) is 22.2 Å². The van der Waals surface area contributed by atoms with Gasteiger partial charge in [-0.3, -0.25) is 9.32 Å². The van der Waals surface area contributed by atoms with E-state index in [0.717, 1.165) is 6.20 Å². The fourth-order valence-electron chi connectivity index (χ4n) is 1.66. The Labute approximate surface area is 124 Å². The van der Waals surface area contributed by atoms with Gasteiger partial charge in [0.2, 0.25) is 0 Å². The third kappa shape index (κ3) is 3.54. The molecule has 21 heavy (non-hydrogen) atoms. The lowest BCUT2D eigenvalue weighted by Gasteiger charge is -2.12. The van der Waals surface area contributed by atoms with E-state index >= 15 is 0 Å². The average molecular weight is 315 g/mol. The van der Waals surface area contributed by atoms with Crippen LogP contribution in [-0.2, 0) is 11.3 Å². The molecule has 0 saturated heterocycles. The van der Waals surface area contributed by atoms with Gasteiger partial charge in [-0.05, 0) is 11.3 Å². The van der Waals surface area contributed by atoms with Crippen molar-refractivity contribution >= 4 is 23.2 Å². The molecule has 1 aromatic carbocycles. The van der Waals surface area contributed by atoms with Crippen LogP contribution in [0, 0.1) is 0 Å². The molecule has 0 bridgehead atoms. The number of anilines is 1. The summed E-state index contributed by atoms with van der Waals surface area (Å²) in [5, 5.41) is 5.23. The Bertz CT molecular complexity index is 709. The highest BCUT2D eigenvalue weighted by molar-refractivity contribution is 6.32. The zero-order valence-electron chi connectivity index (χ0n) is 11.3. The second-order valence-electron chi connectivity index (χ2n) is 4.00. The number of H-pyrrole nitrogens is 1. The molecular weight excluding hydrogens is 302 g/mol. The van der Waals surface area contributed by atoms with E-state index in [9.17, 15) is 9.59 Å². The predicted octanol–water partition coefficient (Wildman–Crippen LogP) is 0.565. The summed E-state index contributed by atoms with van der Waals surface area (Å²) in [7, 11) is 2.94. The highest BCUT2D eigenvalue weighted by Gasteiger charge is 2.16. The maximum absolute atomic E-state index is 11.9. The molecule has 2 N–H and O–H groups in total. The summed E-state index contributed by atoms with van der Waals surface area (Å²) in [6.07, 6.45) is 1.12. The molecule has 0 fully saturated rings. The molecule has 0 aliphatic rings. The summed E-state index contributed by atoms with van der Waals surface area (Å²) in [5.74, 6) is 0.437. The molecule has 2 rings (SSSR count). The quantitative estimate of drug-likeness (QED) is 0.786. The number of aromatic amines is 1. The van der Waals surface area contributed by atoms with Crippen molar-refractivity contribution in [1.29, 1.82) is 0 Å². The molecule has 1 aromatic heterocycles. The SMILES string of the molecule is COc1cc(OC)c(NC(=O)C[n+]2cc(=O)o[nH]2)cc1Cl. The van der Waals surface area contributed by atoms with E-state index in [2.05, 4.69) is 15.1 Å². The van der Waals surface area contributed by atoms with Gasteiger partial charge in [0.05, 0.1) is 24.9 Å². The number of hydrogen-bond donors (Lipinski definition) is 2. The number of ether oxygens (including phenoxy) is 2. The van der Waals surface area contributed by atoms with Crippen LogP contribution in [0.15, 0.2) is 27.6 Å². The lowest BCUT2D eigenvalue weighted by molar-refractivity contribution is -0.750. The summed E-state index contributed by atoms with van der Waals surface area (Å²) < 4.78 is 15.9. The summed E-state index contributed by atoms with van der Waals surface area (Å²) in [4.78, 5) is 22.7. The predicted molar refractivity (Wildman–Crippen MR) is 72.7 cm³/mol. The van der Waals surface area contributed by atoms with E-state index < -0.39 is 11.5 Å². The zero-order valence-corrected chi connectivity index (χ0v) is 12.1. The van der Waals surface area contributed by atoms with Gasteiger partial charge < -0.3 is 14.8 Å². The fraction of sp³-hybridized carbons (Fsp3) is 0.250. The Balaban J connectivity index is 2.16. The van der Waals surface area contributed by atoms with Crippen molar-refractivity contribution in [2.24, 2.45) is 0 Å². The number of nitrogens with zero attached hydrogens (tertiary/aromatic N) is 1. The van der Waals surface area contributed by atoms with Gasteiger partial charge in [0.1, 0.15) is 11.5 Å². The van der Waals surface area contributed by atoms with Crippen molar-refractivity contribution in [3.8, 4) is 11.5 Å². The summed E-state index contributed by atoms with van der Waals surface area (Å²) in [5.41, 5.74) is -0.187. The minimum absolute atomic E-state index is 0.126. The average Bonchev–Trinajstić information content (AvgIpc) is 2.84. The number of aromatic nitrogens is 2. The van der Waals surface area contributed by atoms with Crippen molar-refractivity contribution in [2.75, 3.05) is 19.5 Å². The molecule has 0 radical (unpaired) electrons. The van der Waals surface area contributed by atoms with E-state index in [4.69, 9.17) is 21.1 Å². The second-order valence-corrected chi connectivity index (χ2v) is 4.41. The van der Waals surface area contributed by atoms with Gasteiger partial charge in [0, 0.05) is 6.07 Å². The lowest BCUT2D eigenvalue weighted by atomic mass is 10.2. The van der Waals surface area contributed by atoms with Crippen LogP contribution in [0.3, 0.4) is 0 Å². The van der Waals surface area contributed by atoms with Crippen molar-refractivity contribution < 1.29 is 23.5 Å². The van der Waals surface area contributed by atoms with Crippen molar-refractivity contribution in [2.45, 2.75) is 6.54 Å². The monoisotopic (exact) mass is 314 g/mol. The van der Waals surface area contributed by atoms with Crippen LogP contribution in [-0.4, -0.2) is 25.4 Å². The molecule has 112 valence electrons. The van der Waals surface area contributed by atoms with Crippen LogP contribution < -0.4 is 25.1 Å². The molecule has 9 heteroatoms. The highest BCUT2D eigenvalue weighted by Crippen LogP contribution is 2.35. The van der Waals surface area contributed by atoms with Crippen LogP contribution in [0.5, 0.6) is 11.5 Å². The summed E-state index contributed by atoms with van der Waals surface area (Å²) >= 11 is 6.01. The largest absolute Gasteiger partial charge is 0.495 e. The number of halogens is 1. The normalized spacial score (nSPS) is 10.2. The number of carbonyl (C=O) groups excluding carboxylic acids is 1. The number of carbonyl (C=O) groups is 1.